The van der Waals surface area contributed by atoms with Gasteiger partial charge in [-0.25, -0.2) is 9.59 Å². The Hall–Kier alpha value is -2.77. The predicted octanol–water partition coefficient (Wildman–Crippen LogP) is 1.73. The summed E-state index contributed by atoms with van der Waals surface area (Å²) in [6.07, 6.45) is 0.896. The zero-order valence-electron chi connectivity index (χ0n) is 14.9. The van der Waals surface area contributed by atoms with Gasteiger partial charge in [-0.1, -0.05) is 13.8 Å². The van der Waals surface area contributed by atoms with Crippen LogP contribution in [0.5, 0.6) is 11.5 Å². The molecule has 3 amide bonds. The minimum Gasteiger partial charge on any atom is -0.493 e. The largest absolute Gasteiger partial charge is 0.493 e. The van der Waals surface area contributed by atoms with E-state index in [0.29, 0.717) is 24.0 Å². The molecule has 138 valence electrons. The minimum atomic E-state index is -0.728. The summed E-state index contributed by atoms with van der Waals surface area (Å²) in [5.41, 5.74) is 0.209. The maximum absolute atomic E-state index is 12.0. The van der Waals surface area contributed by atoms with Crippen LogP contribution in [0.1, 0.15) is 30.6 Å². The highest BCUT2D eigenvalue weighted by atomic mass is 16.5. The van der Waals surface area contributed by atoms with Gasteiger partial charge in [-0.2, -0.15) is 0 Å². The van der Waals surface area contributed by atoms with Crippen LogP contribution in [0.4, 0.5) is 4.79 Å². The van der Waals surface area contributed by atoms with E-state index < -0.39 is 24.5 Å². The van der Waals surface area contributed by atoms with Gasteiger partial charge in [0.25, 0.3) is 5.91 Å². The number of benzene rings is 1. The summed E-state index contributed by atoms with van der Waals surface area (Å²) in [6, 6.07) is 3.93. The van der Waals surface area contributed by atoms with E-state index in [2.05, 4.69) is 19.2 Å². The molecule has 1 rings (SSSR count). The Labute approximate surface area is 146 Å². The highest BCUT2D eigenvalue weighted by Crippen LogP contribution is 2.28. The molecular formula is C17H24N2O6. The molecule has 0 heterocycles. The lowest BCUT2D eigenvalue weighted by molar-refractivity contribution is -0.123. The van der Waals surface area contributed by atoms with Crippen LogP contribution in [0.2, 0.25) is 0 Å². The third kappa shape index (κ3) is 7.11. The number of hydrogen-bond acceptors (Lipinski definition) is 6. The van der Waals surface area contributed by atoms with Crippen molar-refractivity contribution in [1.82, 2.24) is 10.6 Å². The Kier molecular flexibility index (Phi) is 8.25. The molecule has 0 aliphatic carbocycles. The van der Waals surface area contributed by atoms with Gasteiger partial charge in [0.05, 0.1) is 19.3 Å². The molecule has 8 heteroatoms. The van der Waals surface area contributed by atoms with Gasteiger partial charge in [-0.15, -0.1) is 0 Å². The first-order chi connectivity index (χ1) is 11.9. The maximum Gasteiger partial charge on any atom is 0.338 e. The number of ether oxygens (including phenoxy) is 3. The van der Waals surface area contributed by atoms with Gasteiger partial charge in [0, 0.05) is 7.05 Å². The molecule has 1 aromatic rings. The van der Waals surface area contributed by atoms with Crippen LogP contribution in [-0.4, -0.2) is 45.3 Å². The van der Waals surface area contributed by atoms with Crippen molar-refractivity contribution in [3.05, 3.63) is 23.8 Å². The first-order valence-electron chi connectivity index (χ1n) is 7.86. The molecule has 0 aliphatic rings. The molecule has 0 saturated carbocycles. The molecule has 0 aliphatic heterocycles. The second-order valence-corrected chi connectivity index (χ2v) is 5.60. The predicted molar refractivity (Wildman–Crippen MR) is 90.8 cm³/mol. The average molecular weight is 352 g/mol. The molecule has 0 radical (unpaired) electrons. The van der Waals surface area contributed by atoms with Crippen molar-refractivity contribution in [1.29, 1.82) is 0 Å². The van der Waals surface area contributed by atoms with E-state index in [1.165, 1.54) is 26.3 Å². The van der Waals surface area contributed by atoms with E-state index in [0.717, 1.165) is 6.42 Å². The van der Waals surface area contributed by atoms with Gasteiger partial charge in [0.15, 0.2) is 18.1 Å². The van der Waals surface area contributed by atoms with Crippen LogP contribution in [-0.2, 0) is 9.53 Å². The number of carbonyl (C=O) groups is 3. The second kappa shape index (κ2) is 10.2. The number of hydrogen-bond donors (Lipinski definition) is 2. The van der Waals surface area contributed by atoms with Gasteiger partial charge >= 0.3 is 12.0 Å². The summed E-state index contributed by atoms with van der Waals surface area (Å²) in [6.45, 7) is 4.17. The van der Waals surface area contributed by atoms with Crippen molar-refractivity contribution in [3.63, 3.8) is 0 Å². The summed E-state index contributed by atoms with van der Waals surface area (Å²) in [7, 11) is 2.84. The van der Waals surface area contributed by atoms with Crippen molar-refractivity contribution < 1.29 is 28.6 Å². The summed E-state index contributed by atoms with van der Waals surface area (Å²) in [5.74, 6) is -0.00125. The summed E-state index contributed by atoms with van der Waals surface area (Å²) in [4.78, 5) is 34.4. The van der Waals surface area contributed by atoms with Gasteiger partial charge in [-0.05, 0) is 30.5 Å². The zero-order chi connectivity index (χ0) is 18.8. The number of esters is 1. The lowest BCUT2D eigenvalue weighted by atomic mass is 10.1. The monoisotopic (exact) mass is 352 g/mol. The van der Waals surface area contributed by atoms with E-state index in [4.69, 9.17) is 14.2 Å². The fourth-order valence-electron chi connectivity index (χ4n) is 1.76. The molecule has 0 saturated heterocycles. The normalized spacial score (nSPS) is 10.1. The van der Waals surface area contributed by atoms with Crippen LogP contribution >= 0.6 is 0 Å². The van der Waals surface area contributed by atoms with Crippen molar-refractivity contribution >= 4 is 17.9 Å². The SMILES string of the molecule is CNC(=O)NC(=O)COC(=O)c1ccc(OCCC(C)C)c(OC)c1. The quantitative estimate of drug-likeness (QED) is 0.691. The molecule has 0 fully saturated rings. The van der Waals surface area contributed by atoms with Crippen molar-refractivity contribution in [2.45, 2.75) is 20.3 Å². The number of urea groups is 1. The van der Waals surface area contributed by atoms with Crippen molar-refractivity contribution in [2.24, 2.45) is 5.92 Å². The summed E-state index contributed by atoms with van der Waals surface area (Å²) < 4.78 is 15.7. The Morgan fingerprint density at radius 2 is 1.88 bits per heavy atom. The topological polar surface area (TPSA) is 103 Å². The van der Waals surface area contributed by atoms with Crippen LogP contribution in [0.3, 0.4) is 0 Å². The standard InChI is InChI=1S/C17H24N2O6/c1-11(2)7-8-24-13-6-5-12(9-14(13)23-4)16(21)25-10-15(20)19-17(22)18-3/h5-6,9,11H,7-8,10H2,1-4H3,(H2,18,19,20,22). The van der Waals surface area contributed by atoms with Crippen molar-refractivity contribution in [3.8, 4) is 11.5 Å². The van der Waals surface area contributed by atoms with Gasteiger partial charge < -0.3 is 19.5 Å². The van der Waals surface area contributed by atoms with Crippen LogP contribution < -0.4 is 20.1 Å². The summed E-state index contributed by atoms with van der Waals surface area (Å²) in [5, 5.41) is 4.21. The molecule has 25 heavy (non-hydrogen) atoms. The molecular weight excluding hydrogens is 328 g/mol. The van der Waals surface area contributed by atoms with E-state index >= 15 is 0 Å². The molecule has 0 bridgehead atoms. The van der Waals surface area contributed by atoms with Crippen molar-refractivity contribution in [2.75, 3.05) is 27.4 Å². The maximum atomic E-state index is 12.0. The number of nitrogens with one attached hydrogen (secondary N) is 2. The van der Waals surface area contributed by atoms with Crippen LogP contribution in [0.15, 0.2) is 18.2 Å². The Bertz CT molecular complexity index is 615. The number of amides is 3. The Morgan fingerprint density at radius 3 is 2.48 bits per heavy atom. The number of imide groups is 1. The fraction of sp³-hybridized carbons (Fsp3) is 0.471. The third-order valence-corrected chi connectivity index (χ3v) is 3.17. The zero-order valence-corrected chi connectivity index (χ0v) is 14.9. The van der Waals surface area contributed by atoms with Crippen LogP contribution in [0, 0.1) is 5.92 Å². The Morgan fingerprint density at radius 1 is 1.16 bits per heavy atom. The molecule has 8 nitrogen and oxygen atoms in total. The molecule has 0 atom stereocenters. The summed E-state index contributed by atoms with van der Waals surface area (Å²) >= 11 is 0. The lowest BCUT2D eigenvalue weighted by Crippen LogP contribution is -2.39. The molecule has 2 N–H and O–H groups in total. The lowest BCUT2D eigenvalue weighted by Gasteiger charge is -2.13. The van der Waals surface area contributed by atoms with E-state index in [1.54, 1.807) is 6.07 Å². The van der Waals surface area contributed by atoms with E-state index in [9.17, 15) is 14.4 Å². The molecule has 0 unspecified atom stereocenters. The van der Waals surface area contributed by atoms with E-state index in [1.807, 2.05) is 5.32 Å². The fourth-order valence-corrected chi connectivity index (χ4v) is 1.76. The highest BCUT2D eigenvalue weighted by Gasteiger charge is 2.15. The second-order valence-electron chi connectivity index (χ2n) is 5.60. The first-order valence-corrected chi connectivity index (χ1v) is 7.86. The Balaban J connectivity index is 2.64. The van der Waals surface area contributed by atoms with Gasteiger partial charge in [0.2, 0.25) is 0 Å². The first kappa shape index (κ1) is 20.3. The number of rotatable bonds is 8. The van der Waals surface area contributed by atoms with Gasteiger partial charge in [-0.3, -0.25) is 10.1 Å². The minimum absolute atomic E-state index is 0.209. The van der Waals surface area contributed by atoms with Crippen LogP contribution in [0.25, 0.3) is 0 Å². The third-order valence-electron chi connectivity index (χ3n) is 3.17. The highest BCUT2D eigenvalue weighted by molar-refractivity contribution is 5.97. The number of methoxy groups -OCH3 is 1. The average Bonchev–Trinajstić information content (AvgIpc) is 2.59. The number of carbonyl (C=O) groups excluding carboxylic acids is 3. The van der Waals surface area contributed by atoms with E-state index in [-0.39, 0.29) is 5.56 Å². The molecule has 1 aromatic carbocycles. The smallest absolute Gasteiger partial charge is 0.338 e. The molecule has 0 spiro atoms. The molecule has 0 aromatic heterocycles. The van der Waals surface area contributed by atoms with Gasteiger partial charge in [0.1, 0.15) is 0 Å².